The molecule has 0 aliphatic heterocycles. The van der Waals surface area contributed by atoms with Gasteiger partial charge in [0.2, 0.25) is 5.03 Å². The van der Waals surface area contributed by atoms with Crippen LogP contribution in [0.1, 0.15) is 15.9 Å². The standard InChI is InChI=1S/C16H17N3O6S/c1-10-9-11(18-16(21)25-3)6-7-12(10)14(20)19-26(22,23)15-13(24-2)5-4-8-17-15/h4-9H,1-3H3,(H,18,21)(H,19,20). The Morgan fingerprint density at radius 1 is 1.15 bits per heavy atom. The summed E-state index contributed by atoms with van der Waals surface area (Å²) in [7, 11) is -1.70. The van der Waals surface area contributed by atoms with Gasteiger partial charge in [-0.2, -0.15) is 8.42 Å². The van der Waals surface area contributed by atoms with Crippen molar-refractivity contribution in [3.8, 4) is 5.75 Å². The quantitative estimate of drug-likeness (QED) is 0.810. The number of methoxy groups -OCH3 is 2. The zero-order valence-electron chi connectivity index (χ0n) is 14.3. The zero-order chi connectivity index (χ0) is 19.3. The lowest BCUT2D eigenvalue weighted by atomic mass is 10.1. The van der Waals surface area contributed by atoms with Crippen LogP contribution in [0.15, 0.2) is 41.6 Å². The first-order chi connectivity index (χ1) is 12.3. The number of nitrogens with one attached hydrogen (secondary N) is 2. The molecule has 2 aromatic rings. The van der Waals surface area contributed by atoms with E-state index < -0.39 is 27.0 Å². The van der Waals surface area contributed by atoms with Crippen LogP contribution in [0.25, 0.3) is 0 Å². The number of carbonyl (C=O) groups excluding carboxylic acids is 2. The molecule has 2 N–H and O–H groups in total. The van der Waals surface area contributed by atoms with Gasteiger partial charge < -0.3 is 9.47 Å². The molecule has 0 aliphatic carbocycles. The Balaban J connectivity index is 2.25. The average Bonchev–Trinajstić information content (AvgIpc) is 2.61. The minimum absolute atomic E-state index is 0.0159. The molecule has 0 aliphatic rings. The molecule has 2 amide bonds. The number of aromatic nitrogens is 1. The van der Waals surface area contributed by atoms with E-state index >= 15 is 0 Å². The summed E-state index contributed by atoms with van der Waals surface area (Å²) in [5, 5.41) is 2.06. The van der Waals surface area contributed by atoms with E-state index in [1.807, 2.05) is 4.72 Å². The largest absolute Gasteiger partial charge is 0.494 e. The van der Waals surface area contributed by atoms with E-state index in [-0.39, 0.29) is 11.3 Å². The molecule has 0 atom stereocenters. The molecule has 2 rings (SSSR count). The second kappa shape index (κ2) is 7.83. The topological polar surface area (TPSA) is 124 Å². The first-order valence-corrected chi connectivity index (χ1v) is 8.78. The predicted octanol–water partition coefficient (Wildman–Crippen LogP) is 1.70. The van der Waals surface area contributed by atoms with Crippen LogP contribution in [0, 0.1) is 6.92 Å². The molecule has 0 spiro atoms. The normalized spacial score (nSPS) is 10.7. The van der Waals surface area contributed by atoms with Gasteiger partial charge >= 0.3 is 6.09 Å². The predicted molar refractivity (Wildman–Crippen MR) is 92.6 cm³/mol. The third kappa shape index (κ3) is 4.28. The van der Waals surface area contributed by atoms with E-state index in [0.29, 0.717) is 11.3 Å². The number of carbonyl (C=O) groups is 2. The van der Waals surface area contributed by atoms with Crippen molar-refractivity contribution in [1.29, 1.82) is 0 Å². The molecular formula is C16H17N3O6S. The summed E-state index contributed by atoms with van der Waals surface area (Å²) in [5.74, 6) is -0.818. The summed E-state index contributed by atoms with van der Waals surface area (Å²) in [5.41, 5.74) is 0.985. The van der Waals surface area contributed by atoms with Crippen molar-refractivity contribution in [1.82, 2.24) is 9.71 Å². The number of rotatable bonds is 5. The molecule has 9 nitrogen and oxygen atoms in total. The molecule has 1 aromatic carbocycles. The van der Waals surface area contributed by atoms with Gasteiger partial charge in [-0.05, 0) is 42.8 Å². The van der Waals surface area contributed by atoms with Gasteiger partial charge in [0.05, 0.1) is 14.2 Å². The number of ether oxygens (including phenoxy) is 2. The second-order valence-corrected chi connectivity index (χ2v) is 6.69. The van der Waals surface area contributed by atoms with Crippen LogP contribution in [0.4, 0.5) is 10.5 Å². The highest BCUT2D eigenvalue weighted by molar-refractivity contribution is 7.90. The van der Waals surface area contributed by atoms with E-state index in [0.717, 1.165) is 0 Å². The van der Waals surface area contributed by atoms with E-state index in [2.05, 4.69) is 15.0 Å². The van der Waals surface area contributed by atoms with Crippen molar-refractivity contribution < 1.29 is 27.5 Å². The van der Waals surface area contributed by atoms with Crippen LogP contribution in [0.2, 0.25) is 0 Å². The second-order valence-electron chi connectivity index (χ2n) is 5.09. The maximum Gasteiger partial charge on any atom is 0.411 e. The summed E-state index contributed by atoms with van der Waals surface area (Å²) in [6.45, 7) is 1.60. The molecule has 26 heavy (non-hydrogen) atoms. The van der Waals surface area contributed by atoms with Crippen LogP contribution in [0.3, 0.4) is 0 Å². The number of nitrogens with zero attached hydrogens (tertiary/aromatic N) is 1. The Morgan fingerprint density at radius 2 is 1.88 bits per heavy atom. The van der Waals surface area contributed by atoms with E-state index in [1.54, 1.807) is 6.92 Å². The van der Waals surface area contributed by atoms with Gasteiger partial charge in [0.1, 0.15) is 0 Å². The fraction of sp³-hybridized carbons (Fsp3) is 0.188. The maximum absolute atomic E-state index is 12.4. The number of hydrogen-bond donors (Lipinski definition) is 2. The van der Waals surface area contributed by atoms with Gasteiger partial charge in [-0.1, -0.05) is 0 Å². The first-order valence-electron chi connectivity index (χ1n) is 7.30. The Bertz CT molecular complexity index is 943. The highest BCUT2D eigenvalue weighted by Crippen LogP contribution is 2.21. The van der Waals surface area contributed by atoms with Gasteiger partial charge in [0, 0.05) is 17.4 Å². The van der Waals surface area contributed by atoms with E-state index in [9.17, 15) is 18.0 Å². The monoisotopic (exact) mass is 379 g/mol. The zero-order valence-corrected chi connectivity index (χ0v) is 15.1. The number of anilines is 1. The smallest absolute Gasteiger partial charge is 0.411 e. The lowest BCUT2D eigenvalue weighted by Gasteiger charge is -2.11. The Labute approximate surface area is 150 Å². The van der Waals surface area contributed by atoms with Crippen molar-refractivity contribution in [2.24, 2.45) is 0 Å². The lowest BCUT2D eigenvalue weighted by Crippen LogP contribution is -2.32. The average molecular weight is 379 g/mol. The number of amides is 2. The SMILES string of the molecule is COC(=O)Nc1ccc(C(=O)NS(=O)(=O)c2ncccc2OC)c(C)c1. The summed E-state index contributed by atoms with van der Waals surface area (Å²) >= 11 is 0. The van der Waals surface area contributed by atoms with Gasteiger partial charge in [0.15, 0.2) is 5.75 Å². The molecule has 0 saturated heterocycles. The summed E-state index contributed by atoms with van der Waals surface area (Å²) in [6.07, 6.45) is 0.617. The molecule has 10 heteroatoms. The minimum atomic E-state index is -4.23. The maximum atomic E-state index is 12.4. The molecule has 0 radical (unpaired) electrons. The molecule has 0 fully saturated rings. The van der Waals surface area contributed by atoms with Crippen LogP contribution in [0.5, 0.6) is 5.75 Å². The number of sulfonamides is 1. The van der Waals surface area contributed by atoms with Gasteiger partial charge in [-0.15, -0.1) is 0 Å². The van der Waals surface area contributed by atoms with Crippen LogP contribution in [-0.2, 0) is 14.8 Å². The van der Waals surface area contributed by atoms with Crippen molar-refractivity contribution >= 4 is 27.7 Å². The van der Waals surface area contributed by atoms with E-state index in [1.165, 1.54) is 50.7 Å². The third-order valence-electron chi connectivity index (χ3n) is 3.34. The van der Waals surface area contributed by atoms with Crippen LogP contribution < -0.4 is 14.8 Å². The van der Waals surface area contributed by atoms with Gasteiger partial charge in [-0.25, -0.2) is 14.5 Å². The minimum Gasteiger partial charge on any atom is -0.494 e. The van der Waals surface area contributed by atoms with Gasteiger partial charge in [-0.3, -0.25) is 10.1 Å². The number of hydrogen-bond acceptors (Lipinski definition) is 7. The number of aryl methyl sites for hydroxylation is 1. The van der Waals surface area contributed by atoms with E-state index in [4.69, 9.17) is 4.74 Å². The molecule has 1 aromatic heterocycles. The summed E-state index contributed by atoms with van der Waals surface area (Å²) in [4.78, 5) is 27.3. The van der Waals surface area contributed by atoms with Crippen molar-refractivity contribution in [2.45, 2.75) is 11.9 Å². The van der Waals surface area contributed by atoms with Gasteiger partial charge in [0.25, 0.3) is 15.9 Å². The first kappa shape index (κ1) is 19.2. The Kier molecular flexibility index (Phi) is 5.78. The fourth-order valence-corrected chi connectivity index (χ4v) is 3.19. The third-order valence-corrected chi connectivity index (χ3v) is 4.61. The molecule has 138 valence electrons. The lowest BCUT2D eigenvalue weighted by molar-refractivity contribution is 0.0980. The highest BCUT2D eigenvalue weighted by atomic mass is 32.2. The number of benzene rings is 1. The van der Waals surface area contributed by atoms with Crippen LogP contribution >= 0.6 is 0 Å². The number of pyridine rings is 1. The summed E-state index contributed by atoms with van der Waals surface area (Å²) < 4.78 is 36.2. The Morgan fingerprint density at radius 3 is 2.50 bits per heavy atom. The fourth-order valence-electron chi connectivity index (χ4n) is 2.12. The highest BCUT2D eigenvalue weighted by Gasteiger charge is 2.24. The molecule has 0 bridgehead atoms. The molecule has 0 saturated carbocycles. The molecule has 1 heterocycles. The molecular weight excluding hydrogens is 362 g/mol. The Hall–Kier alpha value is -3.14. The van der Waals surface area contributed by atoms with Crippen LogP contribution in [-0.4, -0.2) is 39.6 Å². The van der Waals surface area contributed by atoms with Crippen molar-refractivity contribution in [2.75, 3.05) is 19.5 Å². The van der Waals surface area contributed by atoms with Crippen molar-refractivity contribution in [3.63, 3.8) is 0 Å². The summed E-state index contributed by atoms with van der Waals surface area (Å²) in [6, 6.07) is 7.29. The molecule has 0 unspecified atom stereocenters. The van der Waals surface area contributed by atoms with Crippen molar-refractivity contribution in [3.05, 3.63) is 47.7 Å².